The zero-order valence-electron chi connectivity index (χ0n) is 25.0. The second kappa shape index (κ2) is 12.7. The summed E-state index contributed by atoms with van der Waals surface area (Å²) in [6, 6.07) is 16.2. The maximum absolute atomic E-state index is 14.2. The van der Waals surface area contributed by atoms with Gasteiger partial charge in [0.2, 0.25) is 11.8 Å². The predicted molar refractivity (Wildman–Crippen MR) is 166 cm³/mol. The molecule has 4 heterocycles. The van der Waals surface area contributed by atoms with Crippen molar-refractivity contribution in [3.63, 3.8) is 0 Å². The van der Waals surface area contributed by atoms with Gasteiger partial charge in [-0.1, -0.05) is 42.5 Å². The van der Waals surface area contributed by atoms with Crippen molar-refractivity contribution >= 4 is 34.1 Å². The number of nitrogens with one attached hydrogen (secondary N) is 1. The second-order valence-corrected chi connectivity index (χ2v) is 14.9. The Morgan fingerprint density at radius 2 is 1.61 bits per heavy atom. The van der Waals surface area contributed by atoms with Crippen LogP contribution < -0.4 is 5.32 Å². The summed E-state index contributed by atoms with van der Waals surface area (Å²) in [6.07, 6.45) is 2.83. The van der Waals surface area contributed by atoms with Gasteiger partial charge in [0.05, 0.1) is 22.9 Å². The molecule has 1 unspecified atom stereocenters. The van der Waals surface area contributed by atoms with Gasteiger partial charge in [-0.15, -0.1) is 12.4 Å². The normalized spacial score (nSPS) is 25.8. The Balaban J connectivity index is 0.00000384. The third-order valence-electron chi connectivity index (χ3n) is 10.1. The van der Waals surface area contributed by atoms with Gasteiger partial charge in [-0.2, -0.15) is 0 Å². The fourth-order valence-electron chi connectivity index (χ4n) is 7.62. The maximum Gasteiger partial charge on any atom is 0.267 e. The Kier molecular flexibility index (Phi) is 9.43. The number of nitrogens with zero attached hydrogens (tertiary/aromatic N) is 3. The van der Waals surface area contributed by atoms with Crippen molar-refractivity contribution in [1.82, 2.24) is 20.0 Å². The van der Waals surface area contributed by atoms with Gasteiger partial charge in [0.15, 0.2) is 9.84 Å². The van der Waals surface area contributed by atoms with E-state index in [0.717, 1.165) is 24.1 Å². The van der Waals surface area contributed by atoms with E-state index in [2.05, 4.69) is 22.3 Å². The van der Waals surface area contributed by atoms with Crippen LogP contribution in [0.1, 0.15) is 42.7 Å². The number of piperidine rings is 1. The molecule has 44 heavy (non-hydrogen) atoms. The van der Waals surface area contributed by atoms with E-state index in [4.69, 9.17) is 0 Å². The summed E-state index contributed by atoms with van der Waals surface area (Å²) in [5, 5.41) is 3.46. The van der Waals surface area contributed by atoms with Crippen LogP contribution in [0, 0.1) is 11.3 Å². The molecular weight excluding hydrogens is 610 g/mol. The molecule has 4 saturated heterocycles. The summed E-state index contributed by atoms with van der Waals surface area (Å²) < 4.78 is 52.0. The van der Waals surface area contributed by atoms with Crippen molar-refractivity contribution in [2.24, 2.45) is 11.3 Å². The summed E-state index contributed by atoms with van der Waals surface area (Å²) in [5.41, 5.74) is 1.52. The molecule has 0 aliphatic carbocycles. The Bertz CT molecular complexity index is 1450. The van der Waals surface area contributed by atoms with Gasteiger partial charge < -0.3 is 15.1 Å². The third kappa shape index (κ3) is 6.52. The zero-order chi connectivity index (χ0) is 30.4. The van der Waals surface area contributed by atoms with E-state index in [9.17, 15) is 26.8 Å². The quantitative estimate of drug-likeness (QED) is 0.493. The number of likely N-dealkylation sites (tertiary alicyclic amines) is 3. The highest BCUT2D eigenvalue weighted by molar-refractivity contribution is 7.90. The lowest BCUT2D eigenvalue weighted by Gasteiger charge is -2.44. The van der Waals surface area contributed by atoms with Crippen LogP contribution in [0.15, 0.2) is 59.5 Å². The molecule has 2 amide bonds. The Morgan fingerprint density at radius 3 is 2.23 bits per heavy atom. The number of hydrogen-bond acceptors (Lipinski definition) is 6. The van der Waals surface area contributed by atoms with Gasteiger partial charge in [-0.3, -0.25) is 14.5 Å². The van der Waals surface area contributed by atoms with Crippen LogP contribution in [0.3, 0.4) is 0 Å². The first-order chi connectivity index (χ1) is 20.5. The predicted octanol–water partition coefficient (Wildman–Crippen LogP) is 3.57. The molecule has 4 fully saturated rings. The summed E-state index contributed by atoms with van der Waals surface area (Å²) in [7, 11) is -3.29. The SMILES string of the molecule is CS(=O)(=O)c1ccc(CN2CCC3(CCN(C(C(=O)N4CCC(F)(F)C4)[C@@H]4CNC[C@@H]4c4ccccc4)CC3)C2=O)cc1.Cl. The van der Waals surface area contributed by atoms with E-state index in [0.29, 0.717) is 45.6 Å². The third-order valence-corrected chi connectivity index (χ3v) is 11.2. The highest BCUT2D eigenvalue weighted by Crippen LogP contribution is 2.44. The molecule has 2 aromatic rings. The minimum atomic E-state index is -3.29. The van der Waals surface area contributed by atoms with Crippen molar-refractivity contribution in [3.05, 3.63) is 65.7 Å². The van der Waals surface area contributed by atoms with E-state index in [1.165, 1.54) is 11.2 Å². The first-order valence-electron chi connectivity index (χ1n) is 15.2. The van der Waals surface area contributed by atoms with Crippen molar-refractivity contribution < 1.29 is 26.8 Å². The molecule has 4 aliphatic rings. The van der Waals surface area contributed by atoms with Gasteiger partial charge >= 0.3 is 0 Å². The van der Waals surface area contributed by atoms with Crippen molar-refractivity contribution in [2.45, 2.75) is 55.0 Å². The fraction of sp³-hybridized carbons (Fsp3) is 0.562. The number of amides is 2. The Hall–Kier alpha value is -2.60. The fourth-order valence-corrected chi connectivity index (χ4v) is 8.25. The summed E-state index contributed by atoms with van der Waals surface area (Å²) in [4.78, 5) is 33.4. The minimum Gasteiger partial charge on any atom is -0.338 e. The summed E-state index contributed by atoms with van der Waals surface area (Å²) >= 11 is 0. The lowest BCUT2D eigenvalue weighted by atomic mass is 9.75. The van der Waals surface area contributed by atoms with Crippen LogP contribution in [-0.2, 0) is 26.0 Å². The minimum absolute atomic E-state index is 0. The van der Waals surface area contributed by atoms with Crippen LogP contribution in [-0.4, -0.2) is 99.0 Å². The van der Waals surface area contributed by atoms with Gasteiger partial charge in [0.25, 0.3) is 5.92 Å². The van der Waals surface area contributed by atoms with Crippen LogP contribution >= 0.6 is 12.4 Å². The highest BCUT2D eigenvalue weighted by Gasteiger charge is 2.52. The number of rotatable bonds is 7. The lowest BCUT2D eigenvalue weighted by molar-refractivity contribution is -0.143. The average molecular weight is 651 g/mol. The second-order valence-electron chi connectivity index (χ2n) is 12.9. The number of benzene rings is 2. The van der Waals surface area contributed by atoms with Gasteiger partial charge in [-0.25, -0.2) is 17.2 Å². The molecule has 0 bridgehead atoms. The molecule has 3 atom stereocenters. The zero-order valence-corrected chi connectivity index (χ0v) is 26.6. The van der Waals surface area contributed by atoms with E-state index < -0.39 is 33.8 Å². The van der Waals surface area contributed by atoms with Crippen molar-refractivity contribution in [1.29, 1.82) is 0 Å². The van der Waals surface area contributed by atoms with Gasteiger partial charge in [0.1, 0.15) is 0 Å². The molecule has 12 heteroatoms. The average Bonchev–Trinajstić information content (AvgIpc) is 3.69. The first-order valence-corrected chi connectivity index (χ1v) is 17.1. The van der Waals surface area contributed by atoms with E-state index in [1.807, 2.05) is 23.1 Å². The van der Waals surface area contributed by atoms with Gasteiger partial charge in [0, 0.05) is 57.2 Å². The van der Waals surface area contributed by atoms with Crippen molar-refractivity contribution in [2.75, 3.05) is 52.1 Å². The lowest BCUT2D eigenvalue weighted by Crippen LogP contribution is -2.57. The highest BCUT2D eigenvalue weighted by atomic mass is 35.5. The number of carbonyl (C=O) groups excluding carboxylic acids is 2. The number of sulfone groups is 1. The largest absolute Gasteiger partial charge is 0.338 e. The van der Waals surface area contributed by atoms with E-state index >= 15 is 0 Å². The molecule has 4 aliphatic heterocycles. The first kappa shape index (κ1) is 32.8. The Morgan fingerprint density at radius 1 is 0.955 bits per heavy atom. The summed E-state index contributed by atoms with van der Waals surface area (Å²) in [6.45, 7) is 3.05. The Labute approximate surface area is 264 Å². The molecule has 2 aromatic carbocycles. The van der Waals surface area contributed by atoms with Crippen LogP contribution in [0.4, 0.5) is 8.78 Å². The molecule has 0 saturated carbocycles. The molecule has 6 rings (SSSR count). The van der Waals surface area contributed by atoms with Crippen LogP contribution in [0.2, 0.25) is 0 Å². The number of hydrogen-bond donors (Lipinski definition) is 1. The van der Waals surface area contributed by atoms with Crippen molar-refractivity contribution in [3.8, 4) is 0 Å². The molecule has 240 valence electrons. The molecule has 0 aromatic heterocycles. The van der Waals surface area contributed by atoms with Crippen LogP contribution in [0.5, 0.6) is 0 Å². The molecule has 1 spiro atoms. The van der Waals surface area contributed by atoms with Crippen LogP contribution in [0.25, 0.3) is 0 Å². The number of halogens is 3. The number of carbonyl (C=O) groups is 2. The standard InChI is InChI=1S/C32H40F2N4O4S.ClH/c1-43(41,42)25-9-7-23(8-10-25)21-37-17-13-31(30(37)40)11-15-36(16-12-31)28(29(39)38-18-14-32(33,34)22-38)27-20-35-19-26(27)24-5-3-2-4-6-24;/h2-10,26-28,35H,11-22H2,1H3;1H/t26-,27-,28?;/m1./s1. The summed E-state index contributed by atoms with van der Waals surface area (Å²) in [5.74, 6) is -2.95. The molecular formula is C32H41ClF2N4O4S. The van der Waals surface area contributed by atoms with E-state index in [-0.39, 0.29) is 53.9 Å². The maximum atomic E-state index is 14.2. The van der Waals surface area contributed by atoms with Gasteiger partial charge in [-0.05, 0) is 55.6 Å². The molecule has 1 N–H and O–H groups in total. The molecule has 0 radical (unpaired) electrons. The molecule has 8 nitrogen and oxygen atoms in total. The monoisotopic (exact) mass is 650 g/mol. The number of alkyl halides is 2. The smallest absolute Gasteiger partial charge is 0.267 e. The van der Waals surface area contributed by atoms with E-state index in [1.54, 1.807) is 24.3 Å². The topological polar surface area (TPSA) is 90.0 Å².